The van der Waals surface area contributed by atoms with Gasteiger partial charge in [-0.15, -0.1) is 0 Å². The van der Waals surface area contributed by atoms with Crippen LogP contribution in [0.15, 0.2) is 0 Å². The minimum atomic E-state index is -0.204. The van der Waals surface area contributed by atoms with Crippen molar-refractivity contribution in [2.24, 2.45) is 0 Å². The van der Waals surface area contributed by atoms with E-state index in [9.17, 15) is 4.79 Å². The molecule has 0 saturated heterocycles. The normalized spacial score (nSPS) is 13.3. The molecule has 0 spiro atoms. The summed E-state index contributed by atoms with van der Waals surface area (Å²) in [6, 6.07) is 0. The second kappa shape index (κ2) is 24.4. The third-order valence-corrected chi connectivity index (χ3v) is 6.44. The van der Waals surface area contributed by atoms with Gasteiger partial charge < -0.3 is 9.47 Å². The lowest BCUT2D eigenvalue weighted by Crippen LogP contribution is -2.19. The first-order valence-corrected chi connectivity index (χ1v) is 13.9. The number of hydrogen-bond donors (Lipinski definition) is 0. The Balaban J connectivity index is 3.64. The van der Waals surface area contributed by atoms with Crippen molar-refractivity contribution in [2.75, 3.05) is 7.11 Å². The van der Waals surface area contributed by atoms with Gasteiger partial charge in [0.15, 0.2) is 0 Å². The SMILES string of the molecule is CCCCCCCCCCCCCCCCCC(CCCC(=O)OC)OC(Cl)CCC. The fourth-order valence-electron chi connectivity index (χ4n) is 4.10. The number of alkyl halides is 1. The second-order valence-corrected chi connectivity index (χ2v) is 9.65. The molecule has 31 heavy (non-hydrogen) atoms. The summed E-state index contributed by atoms with van der Waals surface area (Å²) in [6.45, 7) is 4.41. The van der Waals surface area contributed by atoms with E-state index in [-0.39, 0.29) is 17.6 Å². The molecule has 186 valence electrons. The largest absolute Gasteiger partial charge is 0.469 e. The van der Waals surface area contributed by atoms with Crippen molar-refractivity contribution in [1.82, 2.24) is 0 Å². The molecule has 0 amide bonds. The number of carbonyl (C=O) groups is 1. The van der Waals surface area contributed by atoms with E-state index in [0.717, 1.165) is 32.1 Å². The lowest BCUT2D eigenvalue weighted by atomic mass is 10.0. The third-order valence-electron chi connectivity index (χ3n) is 6.12. The van der Waals surface area contributed by atoms with E-state index in [0.29, 0.717) is 6.42 Å². The zero-order valence-electron chi connectivity index (χ0n) is 21.1. The van der Waals surface area contributed by atoms with Crippen molar-refractivity contribution < 1.29 is 14.3 Å². The smallest absolute Gasteiger partial charge is 0.305 e. The first-order chi connectivity index (χ1) is 15.1. The van der Waals surface area contributed by atoms with E-state index in [1.165, 1.54) is 103 Å². The van der Waals surface area contributed by atoms with Crippen LogP contribution in [0.1, 0.15) is 149 Å². The van der Waals surface area contributed by atoms with E-state index in [1.807, 2.05) is 0 Å². The van der Waals surface area contributed by atoms with Crippen molar-refractivity contribution in [2.45, 2.75) is 160 Å². The molecular weight excluding hydrogens is 408 g/mol. The Kier molecular flexibility index (Phi) is 24.1. The van der Waals surface area contributed by atoms with Gasteiger partial charge in [0.1, 0.15) is 5.56 Å². The maximum Gasteiger partial charge on any atom is 0.305 e. The van der Waals surface area contributed by atoms with E-state index in [2.05, 4.69) is 13.8 Å². The number of rotatable bonds is 24. The highest BCUT2D eigenvalue weighted by atomic mass is 35.5. The number of halogens is 1. The van der Waals surface area contributed by atoms with Gasteiger partial charge in [0.05, 0.1) is 13.2 Å². The first-order valence-electron chi connectivity index (χ1n) is 13.5. The molecule has 2 atom stereocenters. The summed E-state index contributed by atoms with van der Waals surface area (Å²) in [6.07, 6.45) is 26.0. The molecule has 0 saturated carbocycles. The Morgan fingerprint density at radius 2 is 1.10 bits per heavy atom. The number of unbranched alkanes of at least 4 members (excludes halogenated alkanes) is 14. The standard InChI is InChI=1S/C27H53ClO3/c1-4-6-7-8-9-10-11-12-13-14-15-16-17-18-19-22-25(31-26(28)21-5-2)23-20-24-27(29)30-3/h25-26H,4-24H2,1-3H3. The van der Waals surface area contributed by atoms with Crippen LogP contribution in [0.2, 0.25) is 0 Å². The molecule has 2 unspecified atom stereocenters. The summed E-state index contributed by atoms with van der Waals surface area (Å²) < 4.78 is 10.8. The van der Waals surface area contributed by atoms with Gasteiger partial charge in [0.25, 0.3) is 0 Å². The molecule has 0 rings (SSSR count). The molecule has 0 bridgehead atoms. The molecule has 3 nitrogen and oxygen atoms in total. The van der Waals surface area contributed by atoms with E-state index in [4.69, 9.17) is 21.1 Å². The molecule has 0 aliphatic carbocycles. The lowest BCUT2D eigenvalue weighted by molar-refractivity contribution is -0.140. The quantitative estimate of drug-likeness (QED) is 0.0816. The van der Waals surface area contributed by atoms with E-state index in [1.54, 1.807) is 0 Å². The Morgan fingerprint density at radius 3 is 1.55 bits per heavy atom. The summed E-state index contributed by atoms with van der Waals surface area (Å²) in [5, 5.41) is 0. The van der Waals surface area contributed by atoms with E-state index >= 15 is 0 Å². The lowest BCUT2D eigenvalue weighted by Gasteiger charge is -2.21. The van der Waals surface area contributed by atoms with E-state index < -0.39 is 0 Å². The maximum absolute atomic E-state index is 11.3. The molecule has 0 aromatic carbocycles. The minimum Gasteiger partial charge on any atom is -0.469 e. The van der Waals surface area contributed by atoms with Crippen LogP contribution in [-0.2, 0) is 14.3 Å². The molecule has 0 fully saturated rings. The zero-order chi connectivity index (χ0) is 23.0. The Morgan fingerprint density at radius 1 is 0.645 bits per heavy atom. The maximum atomic E-state index is 11.3. The van der Waals surface area contributed by atoms with Crippen LogP contribution in [0.25, 0.3) is 0 Å². The van der Waals surface area contributed by atoms with Crippen LogP contribution in [0.4, 0.5) is 0 Å². The number of hydrogen-bond acceptors (Lipinski definition) is 3. The predicted octanol–water partition coefficient (Wildman–Crippen LogP) is 9.34. The molecule has 0 heterocycles. The third kappa shape index (κ3) is 22.7. The number of esters is 1. The van der Waals surface area contributed by atoms with Crippen LogP contribution >= 0.6 is 11.6 Å². The van der Waals surface area contributed by atoms with Gasteiger partial charge in [-0.05, 0) is 25.7 Å². The minimum absolute atomic E-state index is 0.137. The fraction of sp³-hybridized carbons (Fsp3) is 0.963. The van der Waals surface area contributed by atoms with Crippen LogP contribution in [0.3, 0.4) is 0 Å². The first kappa shape index (κ1) is 30.7. The summed E-state index contributed by atoms with van der Waals surface area (Å²) in [4.78, 5) is 11.3. The zero-order valence-corrected chi connectivity index (χ0v) is 21.9. The molecule has 4 heteroatoms. The van der Waals surface area contributed by atoms with Crippen LogP contribution in [0, 0.1) is 0 Å². The molecule has 0 aromatic rings. The van der Waals surface area contributed by atoms with Gasteiger partial charge in [0, 0.05) is 6.42 Å². The van der Waals surface area contributed by atoms with Crippen molar-refractivity contribution in [3.63, 3.8) is 0 Å². The summed E-state index contributed by atoms with van der Waals surface area (Å²) in [7, 11) is 1.45. The summed E-state index contributed by atoms with van der Waals surface area (Å²) in [5.74, 6) is -0.137. The van der Waals surface area contributed by atoms with Crippen molar-refractivity contribution in [1.29, 1.82) is 0 Å². The van der Waals surface area contributed by atoms with Crippen LogP contribution in [0.5, 0.6) is 0 Å². The van der Waals surface area contributed by atoms with Gasteiger partial charge in [-0.3, -0.25) is 4.79 Å². The van der Waals surface area contributed by atoms with Gasteiger partial charge in [-0.2, -0.15) is 0 Å². The average molecular weight is 461 g/mol. The van der Waals surface area contributed by atoms with Gasteiger partial charge in [-0.25, -0.2) is 0 Å². The van der Waals surface area contributed by atoms with Crippen LogP contribution < -0.4 is 0 Å². The van der Waals surface area contributed by atoms with Crippen molar-refractivity contribution in [3.8, 4) is 0 Å². The summed E-state index contributed by atoms with van der Waals surface area (Å²) in [5.41, 5.74) is -0.204. The highest BCUT2D eigenvalue weighted by molar-refractivity contribution is 6.19. The highest BCUT2D eigenvalue weighted by Gasteiger charge is 2.15. The average Bonchev–Trinajstić information content (AvgIpc) is 2.76. The second-order valence-electron chi connectivity index (χ2n) is 9.16. The van der Waals surface area contributed by atoms with Crippen molar-refractivity contribution >= 4 is 17.6 Å². The Labute approximate surface area is 199 Å². The predicted molar refractivity (Wildman–Crippen MR) is 135 cm³/mol. The van der Waals surface area contributed by atoms with Crippen molar-refractivity contribution in [3.05, 3.63) is 0 Å². The van der Waals surface area contributed by atoms with Crippen LogP contribution in [-0.4, -0.2) is 24.7 Å². The monoisotopic (exact) mass is 460 g/mol. The van der Waals surface area contributed by atoms with Gasteiger partial charge in [-0.1, -0.05) is 128 Å². The summed E-state index contributed by atoms with van der Waals surface area (Å²) >= 11 is 6.30. The topological polar surface area (TPSA) is 35.5 Å². The molecule has 0 radical (unpaired) electrons. The molecule has 0 aliphatic rings. The highest BCUT2D eigenvalue weighted by Crippen LogP contribution is 2.20. The Bertz CT molecular complexity index is 375. The number of ether oxygens (including phenoxy) is 2. The fourth-order valence-corrected chi connectivity index (χ4v) is 4.47. The van der Waals surface area contributed by atoms with Gasteiger partial charge >= 0.3 is 5.97 Å². The van der Waals surface area contributed by atoms with Gasteiger partial charge in [0.2, 0.25) is 0 Å². The molecular formula is C27H53ClO3. The number of carbonyl (C=O) groups excluding carboxylic acids is 1. The molecule has 0 aliphatic heterocycles. The number of methoxy groups -OCH3 is 1. The molecule has 0 N–H and O–H groups in total. The molecule has 0 aromatic heterocycles. The Hall–Kier alpha value is -0.280.